The van der Waals surface area contributed by atoms with E-state index >= 15 is 0 Å². The maximum Gasteiger partial charge on any atom is 0.150 e. The predicted molar refractivity (Wildman–Crippen MR) is 60.8 cm³/mol. The van der Waals surface area contributed by atoms with Crippen LogP contribution < -0.4 is 5.32 Å². The van der Waals surface area contributed by atoms with E-state index in [2.05, 4.69) is 29.2 Å². The molecule has 0 aliphatic carbocycles. The first-order valence-electron chi connectivity index (χ1n) is 6.03. The second kappa shape index (κ2) is 3.57. The van der Waals surface area contributed by atoms with Crippen molar-refractivity contribution in [2.24, 2.45) is 11.8 Å². The zero-order valence-corrected chi connectivity index (χ0v) is 9.94. The van der Waals surface area contributed by atoms with Crippen LogP contribution in [0.15, 0.2) is 16.8 Å². The lowest BCUT2D eigenvalue weighted by Crippen LogP contribution is -2.43. The van der Waals surface area contributed by atoms with Crippen LogP contribution in [0.3, 0.4) is 0 Å². The molecule has 1 N–H and O–H groups in total. The van der Waals surface area contributed by atoms with Gasteiger partial charge in [0.25, 0.3) is 0 Å². The van der Waals surface area contributed by atoms with Gasteiger partial charge in [0, 0.05) is 24.7 Å². The molecule has 2 atom stereocenters. The van der Waals surface area contributed by atoms with Gasteiger partial charge >= 0.3 is 0 Å². The summed E-state index contributed by atoms with van der Waals surface area (Å²) in [5.74, 6) is 2.55. The van der Waals surface area contributed by atoms with Crippen molar-refractivity contribution in [3.63, 3.8) is 0 Å². The Labute approximate surface area is 96.0 Å². The molecule has 3 heterocycles. The van der Waals surface area contributed by atoms with Crippen LogP contribution in [-0.2, 0) is 6.54 Å². The topological polar surface area (TPSA) is 41.3 Å². The molecule has 88 valence electrons. The second-order valence-electron chi connectivity index (χ2n) is 5.54. The van der Waals surface area contributed by atoms with Crippen LogP contribution in [0.1, 0.15) is 19.6 Å². The first kappa shape index (κ1) is 10.3. The normalized spacial score (nSPS) is 33.1. The van der Waals surface area contributed by atoms with E-state index in [9.17, 15) is 0 Å². The highest BCUT2D eigenvalue weighted by Gasteiger charge is 2.49. The van der Waals surface area contributed by atoms with Crippen molar-refractivity contribution >= 4 is 0 Å². The summed E-state index contributed by atoms with van der Waals surface area (Å²) in [5, 5.41) is 7.27. The summed E-state index contributed by atoms with van der Waals surface area (Å²) >= 11 is 0. The zero-order valence-electron chi connectivity index (χ0n) is 9.94. The summed E-state index contributed by atoms with van der Waals surface area (Å²) in [6.45, 7) is 9.08. The van der Waals surface area contributed by atoms with Crippen molar-refractivity contribution in [3.8, 4) is 0 Å². The minimum absolute atomic E-state index is 0.265. The third-order valence-electron chi connectivity index (χ3n) is 4.36. The molecular formula is C12H19N3O. The molecule has 0 radical (unpaired) electrons. The van der Waals surface area contributed by atoms with E-state index in [0.717, 1.165) is 30.7 Å². The minimum Gasteiger partial charge on any atom is -0.360 e. The molecule has 2 aliphatic rings. The Morgan fingerprint density at radius 2 is 2.44 bits per heavy atom. The monoisotopic (exact) mass is 221 g/mol. The van der Waals surface area contributed by atoms with Crippen LogP contribution in [0.5, 0.6) is 0 Å². The molecule has 1 aromatic heterocycles. The number of rotatable bonds is 2. The van der Waals surface area contributed by atoms with Crippen molar-refractivity contribution in [1.82, 2.24) is 15.4 Å². The van der Waals surface area contributed by atoms with Gasteiger partial charge < -0.3 is 9.84 Å². The van der Waals surface area contributed by atoms with Gasteiger partial charge in [-0.25, -0.2) is 0 Å². The quantitative estimate of drug-likeness (QED) is 0.812. The Hall–Kier alpha value is -0.870. The number of nitrogens with zero attached hydrogens (tertiary/aromatic N) is 2. The highest BCUT2D eigenvalue weighted by Crippen LogP contribution is 2.41. The van der Waals surface area contributed by atoms with Crippen molar-refractivity contribution in [2.45, 2.75) is 25.9 Å². The lowest BCUT2D eigenvalue weighted by Gasteiger charge is -2.34. The first-order valence-corrected chi connectivity index (χ1v) is 6.03. The molecule has 4 heteroatoms. The van der Waals surface area contributed by atoms with Crippen LogP contribution in [0, 0.1) is 11.8 Å². The molecule has 1 aromatic rings. The Balaban J connectivity index is 1.77. The maximum atomic E-state index is 5.20. The van der Waals surface area contributed by atoms with Crippen molar-refractivity contribution in [3.05, 3.63) is 18.0 Å². The van der Waals surface area contributed by atoms with Gasteiger partial charge in [-0.2, -0.15) is 0 Å². The summed E-state index contributed by atoms with van der Waals surface area (Å²) in [7, 11) is 0. The Morgan fingerprint density at radius 1 is 1.56 bits per heavy atom. The summed E-state index contributed by atoms with van der Waals surface area (Å²) in [6, 6.07) is 1.96. The molecular weight excluding hydrogens is 202 g/mol. The standard InChI is InChI=1S/C12H19N3O/c1-12(2)11-6-13-5-9(11)7-15(12)8-10-3-4-14-16-10/h3-4,9,11,13H,5-8H2,1-2H3. The summed E-state index contributed by atoms with van der Waals surface area (Å²) in [6.07, 6.45) is 1.72. The molecule has 0 saturated carbocycles. The SMILES string of the molecule is CC1(C)C2CNCC2CN1Cc1ccno1. The highest BCUT2D eigenvalue weighted by molar-refractivity contribution is 5.06. The minimum atomic E-state index is 0.265. The molecule has 2 saturated heterocycles. The van der Waals surface area contributed by atoms with Crippen LogP contribution in [0.4, 0.5) is 0 Å². The second-order valence-corrected chi connectivity index (χ2v) is 5.54. The van der Waals surface area contributed by atoms with Gasteiger partial charge in [0.1, 0.15) is 0 Å². The van der Waals surface area contributed by atoms with E-state index in [1.54, 1.807) is 6.20 Å². The van der Waals surface area contributed by atoms with Crippen LogP contribution in [-0.4, -0.2) is 35.2 Å². The van der Waals surface area contributed by atoms with Gasteiger partial charge in [0.15, 0.2) is 5.76 Å². The number of fused-ring (bicyclic) bond motifs is 1. The van der Waals surface area contributed by atoms with Gasteiger partial charge in [-0.1, -0.05) is 5.16 Å². The van der Waals surface area contributed by atoms with Gasteiger partial charge in [-0.15, -0.1) is 0 Å². The summed E-state index contributed by atoms with van der Waals surface area (Å²) in [4.78, 5) is 2.53. The molecule has 0 amide bonds. The Bertz CT molecular complexity index is 360. The van der Waals surface area contributed by atoms with Gasteiger partial charge in [0.05, 0.1) is 12.7 Å². The van der Waals surface area contributed by atoms with E-state index in [0.29, 0.717) is 0 Å². The number of aromatic nitrogens is 1. The van der Waals surface area contributed by atoms with E-state index in [4.69, 9.17) is 4.52 Å². The molecule has 2 unspecified atom stereocenters. The van der Waals surface area contributed by atoms with Crippen LogP contribution in [0.2, 0.25) is 0 Å². The Kier molecular flexibility index (Phi) is 2.30. The molecule has 0 aromatic carbocycles. The fourth-order valence-electron chi connectivity index (χ4n) is 3.28. The summed E-state index contributed by atoms with van der Waals surface area (Å²) in [5.41, 5.74) is 0.265. The third-order valence-corrected chi connectivity index (χ3v) is 4.36. The lowest BCUT2D eigenvalue weighted by molar-refractivity contribution is 0.119. The van der Waals surface area contributed by atoms with E-state index in [1.165, 1.54) is 13.1 Å². The largest absolute Gasteiger partial charge is 0.360 e. The number of likely N-dealkylation sites (tertiary alicyclic amines) is 1. The molecule has 2 aliphatic heterocycles. The molecule has 0 spiro atoms. The molecule has 4 nitrogen and oxygen atoms in total. The van der Waals surface area contributed by atoms with Gasteiger partial charge in [0.2, 0.25) is 0 Å². The fourth-order valence-corrected chi connectivity index (χ4v) is 3.28. The molecule has 2 fully saturated rings. The van der Waals surface area contributed by atoms with E-state index in [1.807, 2.05) is 6.07 Å². The highest BCUT2D eigenvalue weighted by atomic mass is 16.5. The number of nitrogens with one attached hydrogen (secondary N) is 1. The average Bonchev–Trinajstić information content (AvgIpc) is 2.89. The maximum absolute atomic E-state index is 5.20. The number of hydrogen-bond acceptors (Lipinski definition) is 4. The fraction of sp³-hybridized carbons (Fsp3) is 0.750. The van der Waals surface area contributed by atoms with Gasteiger partial charge in [-0.3, -0.25) is 4.90 Å². The van der Waals surface area contributed by atoms with Crippen molar-refractivity contribution < 1.29 is 4.52 Å². The van der Waals surface area contributed by atoms with Crippen LogP contribution in [0.25, 0.3) is 0 Å². The molecule has 3 rings (SSSR count). The Morgan fingerprint density at radius 3 is 3.12 bits per heavy atom. The first-order chi connectivity index (χ1) is 7.68. The zero-order chi connectivity index (χ0) is 11.2. The van der Waals surface area contributed by atoms with Crippen molar-refractivity contribution in [1.29, 1.82) is 0 Å². The van der Waals surface area contributed by atoms with Crippen molar-refractivity contribution in [2.75, 3.05) is 19.6 Å². The third kappa shape index (κ3) is 1.48. The van der Waals surface area contributed by atoms with Crippen LogP contribution >= 0.6 is 0 Å². The smallest absolute Gasteiger partial charge is 0.150 e. The predicted octanol–water partition coefficient (Wildman–Crippen LogP) is 1.10. The van der Waals surface area contributed by atoms with E-state index < -0.39 is 0 Å². The van der Waals surface area contributed by atoms with E-state index in [-0.39, 0.29) is 5.54 Å². The average molecular weight is 221 g/mol. The molecule has 16 heavy (non-hydrogen) atoms. The lowest BCUT2D eigenvalue weighted by atomic mass is 9.85. The number of hydrogen-bond donors (Lipinski definition) is 1. The summed E-state index contributed by atoms with van der Waals surface area (Å²) < 4.78 is 5.20. The molecule has 0 bridgehead atoms. The van der Waals surface area contributed by atoms with Gasteiger partial charge in [-0.05, 0) is 32.2 Å².